The lowest BCUT2D eigenvalue weighted by molar-refractivity contribution is 0.427. The van der Waals surface area contributed by atoms with Crippen LogP contribution in [0, 0.1) is 12.7 Å². The van der Waals surface area contributed by atoms with Gasteiger partial charge in [0.15, 0.2) is 0 Å². The van der Waals surface area contributed by atoms with Crippen LogP contribution in [0.5, 0.6) is 0 Å². The van der Waals surface area contributed by atoms with Crippen molar-refractivity contribution >= 4 is 15.7 Å². The van der Waals surface area contributed by atoms with Crippen LogP contribution in [0.1, 0.15) is 38.2 Å². The van der Waals surface area contributed by atoms with E-state index in [9.17, 15) is 12.8 Å². The predicted molar refractivity (Wildman–Crippen MR) is 72.7 cm³/mol. The predicted octanol–water partition coefficient (Wildman–Crippen LogP) is 2.33. The number of rotatable bonds is 3. The molecule has 2 rings (SSSR count). The van der Waals surface area contributed by atoms with Gasteiger partial charge in [-0.1, -0.05) is 12.8 Å². The second-order valence-corrected chi connectivity index (χ2v) is 7.17. The summed E-state index contributed by atoms with van der Waals surface area (Å²) in [7, 11) is -3.73. The third-order valence-electron chi connectivity index (χ3n) is 3.76. The third kappa shape index (κ3) is 2.90. The fourth-order valence-electron chi connectivity index (χ4n) is 2.47. The highest BCUT2D eigenvalue weighted by atomic mass is 32.2. The molecule has 6 heteroatoms. The first kappa shape index (κ1) is 14.3. The van der Waals surface area contributed by atoms with Gasteiger partial charge in [0.1, 0.15) is 5.82 Å². The van der Waals surface area contributed by atoms with Crippen LogP contribution in [-0.2, 0) is 10.0 Å². The highest BCUT2D eigenvalue weighted by Crippen LogP contribution is 2.31. The molecule has 1 aliphatic carbocycles. The standard InChI is InChI=1S/C13H19FN2O2S/c1-9-11(14)7-10(8-12(9)15)19(17,18)16-13(2)5-3-4-6-13/h7-8,16H,3-6,15H2,1-2H3. The smallest absolute Gasteiger partial charge is 0.241 e. The molecule has 1 fully saturated rings. The molecule has 0 aliphatic heterocycles. The van der Waals surface area contributed by atoms with Crippen molar-refractivity contribution in [2.24, 2.45) is 0 Å². The van der Waals surface area contributed by atoms with Crippen LogP contribution in [-0.4, -0.2) is 14.0 Å². The molecular formula is C13H19FN2O2S. The topological polar surface area (TPSA) is 72.2 Å². The fraction of sp³-hybridized carbons (Fsp3) is 0.538. The van der Waals surface area contributed by atoms with E-state index in [1.54, 1.807) is 0 Å². The number of anilines is 1. The number of hydrogen-bond acceptors (Lipinski definition) is 3. The van der Waals surface area contributed by atoms with Crippen molar-refractivity contribution in [3.8, 4) is 0 Å². The molecule has 0 spiro atoms. The third-order valence-corrected chi connectivity index (χ3v) is 5.37. The summed E-state index contributed by atoms with van der Waals surface area (Å²) in [5, 5.41) is 0. The minimum atomic E-state index is -3.73. The van der Waals surface area contributed by atoms with Gasteiger partial charge >= 0.3 is 0 Å². The van der Waals surface area contributed by atoms with E-state index in [1.807, 2.05) is 6.92 Å². The number of benzene rings is 1. The second-order valence-electron chi connectivity index (χ2n) is 5.49. The average molecular weight is 286 g/mol. The molecule has 19 heavy (non-hydrogen) atoms. The van der Waals surface area contributed by atoms with Crippen molar-refractivity contribution < 1.29 is 12.8 Å². The number of sulfonamides is 1. The number of nitrogen functional groups attached to an aromatic ring is 1. The Hall–Kier alpha value is -1.14. The van der Waals surface area contributed by atoms with Gasteiger partial charge in [0.25, 0.3) is 0 Å². The van der Waals surface area contributed by atoms with E-state index < -0.39 is 21.4 Å². The largest absolute Gasteiger partial charge is 0.398 e. The lowest BCUT2D eigenvalue weighted by atomic mass is 10.0. The van der Waals surface area contributed by atoms with Crippen LogP contribution in [0.25, 0.3) is 0 Å². The Labute approximate surface area is 113 Å². The maximum Gasteiger partial charge on any atom is 0.241 e. The van der Waals surface area contributed by atoms with Crippen LogP contribution in [0.15, 0.2) is 17.0 Å². The summed E-state index contributed by atoms with van der Waals surface area (Å²) in [4.78, 5) is -0.110. The molecule has 0 saturated heterocycles. The number of hydrogen-bond donors (Lipinski definition) is 2. The van der Waals surface area contributed by atoms with Crippen LogP contribution in [0.2, 0.25) is 0 Å². The van der Waals surface area contributed by atoms with Gasteiger partial charge in [-0.3, -0.25) is 0 Å². The quantitative estimate of drug-likeness (QED) is 0.838. The van der Waals surface area contributed by atoms with Crippen molar-refractivity contribution in [2.75, 3.05) is 5.73 Å². The highest BCUT2D eigenvalue weighted by Gasteiger charge is 2.33. The van der Waals surface area contributed by atoms with E-state index in [2.05, 4.69) is 4.72 Å². The second kappa shape index (κ2) is 4.76. The number of nitrogens with one attached hydrogen (secondary N) is 1. The van der Waals surface area contributed by atoms with Crippen molar-refractivity contribution in [1.82, 2.24) is 4.72 Å². The van der Waals surface area contributed by atoms with Gasteiger partial charge in [0, 0.05) is 16.8 Å². The van der Waals surface area contributed by atoms with Crippen LogP contribution in [0.3, 0.4) is 0 Å². The molecular weight excluding hydrogens is 267 g/mol. The normalized spacial score (nSPS) is 18.7. The Morgan fingerprint density at radius 3 is 2.42 bits per heavy atom. The summed E-state index contributed by atoms with van der Waals surface area (Å²) in [5.74, 6) is -0.600. The Morgan fingerprint density at radius 2 is 1.89 bits per heavy atom. The average Bonchev–Trinajstić information content (AvgIpc) is 2.70. The molecule has 1 aromatic rings. The zero-order valence-electron chi connectivity index (χ0n) is 11.2. The zero-order valence-corrected chi connectivity index (χ0v) is 12.0. The van der Waals surface area contributed by atoms with Gasteiger partial charge in [-0.25, -0.2) is 17.5 Å². The lowest BCUT2D eigenvalue weighted by Gasteiger charge is -2.25. The van der Waals surface area contributed by atoms with E-state index >= 15 is 0 Å². The van der Waals surface area contributed by atoms with Gasteiger partial charge < -0.3 is 5.73 Å². The molecule has 4 nitrogen and oxygen atoms in total. The van der Waals surface area contributed by atoms with E-state index in [-0.39, 0.29) is 16.1 Å². The molecule has 1 aliphatic rings. The molecule has 3 N–H and O–H groups in total. The van der Waals surface area contributed by atoms with Crippen LogP contribution >= 0.6 is 0 Å². The fourth-order valence-corrected chi connectivity index (χ4v) is 3.98. The van der Waals surface area contributed by atoms with Crippen molar-refractivity contribution in [1.29, 1.82) is 0 Å². The first-order chi connectivity index (χ1) is 8.73. The summed E-state index contributed by atoms with van der Waals surface area (Å²) >= 11 is 0. The minimum Gasteiger partial charge on any atom is -0.398 e. The van der Waals surface area contributed by atoms with Gasteiger partial charge in [0.05, 0.1) is 4.90 Å². The Kier molecular flexibility index (Phi) is 3.57. The maximum atomic E-state index is 13.6. The van der Waals surface area contributed by atoms with E-state index in [0.29, 0.717) is 0 Å². The summed E-state index contributed by atoms with van der Waals surface area (Å²) in [6.45, 7) is 3.40. The molecule has 106 valence electrons. The van der Waals surface area contributed by atoms with E-state index in [4.69, 9.17) is 5.73 Å². The SMILES string of the molecule is Cc1c(N)cc(S(=O)(=O)NC2(C)CCCC2)cc1F. The molecule has 0 amide bonds. The van der Waals surface area contributed by atoms with Gasteiger partial charge in [-0.15, -0.1) is 0 Å². The molecule has 0 bridgehead atoms. The molecule has 0 unspecified atom stereocenters. The van der Waals surface area contributed by atoms with Crippen molar-refractivity contribution in [3.05, 3.63) is 23.5 Å². The summed E-state index contributed by atoms with van der Waals surface area (Å²) in [6, 6.07) is 2.32. The monoisotopic (exact) mass is 286 g/mol. The van der Waals surface area contributed by atoms with Gasteiger partial charge in [0.2, 0.25) is 10.0 Å². The van der Waals surface area contributed by atoms with Crippen LogP contribution in [0.4, 0.5) is 10.1 Å². The number of nitrogens with two attached hydrogens (primary N) is 1. The summed E-state index contributed by atoms with van der Waals surface area (Å²) in [6.07, 6.45) is 3.61. The minimum absolute atomic E-state index is 0.110. The van der Waals surface area contributed by atoms with E-state index in [1.165, 1.54) is 13.0 Å². The Morgan fingerprint density at radius 1 is 1.32 bits per heavy atom. The van der Waals surface area contributed by atoms with Gasteiger partial charge in [-0.05, 0) is 38.8 Å². The summed E-state index contributed by atoms with van der Waals surface area (Å²) < 4.78 is 40.8. The molecule has 1 aromatic carbocycles. The molecule has 0 radical (unpaired) electrons. The Balaban J connectivity index is 2.34. The maximum absolute atomic E-state index is 13.6. The zero-order chi connectivity index (χ0) is 14.3. The van der Waals surface area contributed by atoms with Crippen molar-refractivity contribution in [2.45, 2.75) is 50.0 Å². The van der Waals surface area contributed by atoms with E-state index in [0.717, 1.165) is 31.7 Å². The molecule has 0 aromatic heterocycles. The molecule has 1 saturated carbocycles. The van der Waals surface area contributed by atoms with Crippen LogP contribution < -0.4 is 10.5 Å². The highest BCUT2D eigenvalue weighted by molar-refractivity contribution is 7.89. The first-order valence-corrected chi connectivity index (χ1v) is 7.81. The lowest BCUT2D eigenvalue weighted by Crippen LogP contribution is -2.43. The van der Waals surface area contributed by atoms with Crippen molar-refractivity contribution in [3.63, 3.8) is 0 Å². The molecule has 0 atom stereocenters. The number of halogens is 1. The summed E-state index contributed by atoms with van der Waals surface area (Å²) in [5.41, 5.74) is 5.61. The Bertz CT molecular complexity index is 570. The molecule has 0 heterocycles. The van der Waals surface area contributed by atoms with Gasteiger partial charge in [-0.2, -0.15) is 0 Å². The first-order valence-electron chi connectivity index (χ1n) is 6.33.